The molecule has 8 atom stereocenters. The minimum Gasteiger partial charge on any atom is -0.497 e. The molecule has 22 nitrogen and oxygen atoms in total. The summed E-state index contributed by atoms with van der Waals surface area (Å²) in [6.45, 7) is 0.620. The Morgan fingerprint density at radius 2 is 1.08 bits per heavy atom. The second-order valence-electron chi connectivity index (χ2n) is 23.9. The van der Waals surface area contributed by atoms with Crippen molar-refractivity contribution in [1.82, 2.24) is 35.1 Å². The van der Waals surface area contributed by atoms with Crippen molar-refractivity contribution in [2.45, 2.75) is 118 Å². The molecule has 2 saturated heterocycles. The number of fused-ring (bicyclic) bond motifs is 6. The molecular weight excluding hydrogens is 1170 g/mol. The van der Waals surface area contributed by atoms with Gasteiger partial charge < -0.3 is 44.2 Å². The van der Waals surface area contributed by atoms with Crippen LogP contribution in [-0.2, 0) is 38.7 Å². The number of carbonyl (C=O) groups excluding carboxylic acids is 5. The van der Waals surface area contributed by atoms with Crippen LogP contribution in [0.4, 0.5) is 9.59 Å². The molecule has 2 aromatic heterocycles. The molecule has 0 radical (unpaired) electrons. The fourth-order valence-electron chi connectivity index (χ4n) is 12.3. The lowest BCUT2D eigenvalue weighted by Gasteiger charge is -2.26. The number of ether oxygens (including phenoxy) is 6. The van der Waals surface area contributed by atoms with Crippen LogP contribution in [0.25, 0.3) is 44.3 Å². The molecule has 0 spiro atoms. The lowest BCUT2D eigenvalue weighted by atomic mass is 10.1. The topological polar surface area (TPSA) is 281 Å². The van der Waals surface area contributed by atoms with Gasteiger partial charge in [0.2, 0.25) is 21.8 Å². The van der Waals surface area contributed by atoms with E-state index in [1.807, 2.05) is 133 Å². The van der Waals surface area contributed by atoms with Crippen molar-refractivity contribution in [2.24, 2.45) is 11.8 Å². The molecule has 4 aromatic carbocycles. The van der Waals surface area contributed by atoms with E-state index in [1.54, 1.807) is 14.2 Å². The molecule has 6 aromatic rings. The van der Waals surface area contributed by atoms with Gasteiger partial charge in [-0.15, -0.1) is 0 Å². The Kier molecular flexibility index (Phi) is 17.4. The van der Waals surface area contributed by atoms with E-state index in [9.17, 15) is 42.3 Å². The zero-order valence-electron chi connectivity index (χ0n) is 49.9. The largest absolute Gasteiger partial charge is 0.497 e. The number of hydrogen-bond donors (Lipinski definition) is 4. The first kappa shape index (κ1) is 61.0. The smallest absolute Gasteiger partial charge is 0.410 e. The Balaban J connectivity index is 0.000000176. The lowest BCUT2D eigenvalue weighted by Crippen LogP contribution is -2.56. The van der Waals surface area contributed by atoms with Gasteiger partial charge in [0.1, 0.15) is 58.4 Å². The third-order valence-electron chi connectivity index (χ3n) is 17.7. The normalized spacial score (nSPS) is 26.7. The van der Waals surface area contributed by atoms with Gasteiger partial charge in [-0.2, -0.15) is 0 Å². The number of aromatic nitrogens is 2. The Hall–Kier alpha value is -9.25. The van der Waals surface area contributed by atoms with Crippen molar-refractivity contribution < 1.29 is 70.7 Å². The lowest BCUT2D eigenvalue weighted by molar-refractivity contribution is -0.144. The van der Waals surface area contributed by atoms with Crippen LogP contribution in [0.5, 0.6) is 23.0 Å². The number of carboxylic acids is 1. The Morgan fingerprint density at radius 1 is 0.622 bits per heavy atom. The number of cyclic esters (lactones) is 2. The van der Waals surface area contributed by atoms with Gasteiger partial charge in [-0.3, -0.25) is 28.9 Å². The minimum absolute atomic E-state index is 0.0656. The molecule has 0 unspecified atom stereocenters. The molecule has 23 heteroatoms. The molecule has 3 saturated carbocycles. The summed E-state index contributed by atoms with van der Waals surface area (Å²) in [5.41, 5.74) is 1.72. The van der Waals surface area contributed by atoms with Crippen molar-refractivity contribution in [3.8, 4) is 45.5 Å². The van der Waals surface area contributed by atoms with E-state index in [1.165, 1.54) is 9.80 Å². The van der Waals surface area contributed by atoms with Crippen molar-refractivity contribution in [1.29, 1.82) is 0 Å². The van der Waals surface area contributed by atoms with Crippen LogP contribution < -0.4 is 34.3 Å². The number of hydrogen-bond acceptors (Lipinski definition) is 16. The number of carbonyl (C=O) groups is 6. The van der Waals surface area contributed by atoms with Crippen LogP contribution in [0.3, 0.4) is 0 Å². The predicted molar refractivity (Wildman–Crippen MR) is 331 cm³/mol. The summed E-state index contributed by atoms with van der Waals surface area (Å²) in [7, 11) is -0.656. The van der Waals surface area contributed by atoms with Crippen LogP contribution in [0, 0.1) is 11.8 Å². The van der Waals surface area contributed by atoms with E-state index in [0.29, 0.717) is 83.9 Å². The number of sulfonamides is 1. The Morgan fingerprint density at radius 3 is 1.53 bits per heavy atom. The number of carboxylic acid groups (broad SMARTS) is 1. The van der Waals surface area contributed by atoms with Gasteiger partial charge in [-0.25, -0.2) is 32.8 Å². The molecule has 470 valence electrons. The number of amides is 5. The highest BCUT2D eigenvalue weighted by molar-refractivity contribution is 7.91. The average molecular weight is 1250 g/mol. The summed E-state index contributed by atoms with van der Waals surface area (Å²) in [5, 5.41) is 16.5. The third kappa shape index (κ3) is 13.1. The van der Waals surface area contributed by atoms with Gasteiger partial charge in [0.05, 0.1) is 68.2 Å². The van der Waals surface area contributed by atoms with Gasteiger partial charge in [-0.05, 0) is 88.5 Å². The highest BCUT2D eigenvalue weighted by Crippen LogP contribution is 2.48. The van der Waals surface area contributed by atoms with Crippen LogP contribution in [-0.4, -0.2) is 150 Å². The number of nitrogens with zero attached hydrogens (tertiary/aromatic N) is 4. The average Bonchev–Trinajstić information content (AvgIpc) is 1.62. The fraction of sp³-hybridized carbons (Fsp3) is 0.403. The summed E-state index contributed by atoms with van der Waals surface area (Å²) in [4.78, 5) is 92.1. The number of allylic oxidation sites excluding steroid dienone is 2. The molecule has 4 N–H and O–H groups in total. The maximum atomic E-state index is 14.0. The molecule has 0 bridgehead atoms. The monoisotopic (exact) mass is 1250 g/mol. The highest BCUT2D eigenvalue weighted by atomic mass is 32.2. The molecule has 7 aliphatic rings. The first-order chi connectivity index (χ1) is 43.5. The summed E-state index contributed by atoms with van der Waals surface area (Å²) < 4.78 is 62.6. The summed E-state index contributed by atoms with van der Waals surface area (Å²) >= 11 is 0. The fourth-order valence-corrected chi connectivity index (χ4v) is 13.7. The van der Waals surface area contributed by atoms with Crippen LogP contribution in [0.1, 0.15) is 77.0 Å². The zero-order valence-corrected chi connectivity index (χ0v) is 50.7. The summed E-state index contributed by atoms with van der Waals surface area (Å²) in [5.74, 6) is -1.21. The van der Waals surface area contributed by atoms with Gasteiger partial charge in [-0.1, -0.05) is 85.0 Å². The number of rotatable bonds is 12. The van der Waals surface area contributed by atoms with Crippen LogP contribution in [0.15, 0.2) is 133 Å². The Labute approximate surface area is 520 Å². The van der Waals surface area contributed by atoms with E-state index >= 15 is 0 Å². The maximum Gasteiger partial charge on any atom is 0.410 e. The van der Waals surface area contributed by atoms with Gasteiger partial charge in [0.15, 0.2) is 0 Å². The molecule has 6 heterocycles. The maximum absolute atomic E-state index is 14.0. The van der Waals surface area contributed by atoms with Crippen LogP contribution in [0.2, 0.25) is 0 Å². The molecule has 5 amide bonds. The molecule has 13 rings (SSSR count). The predicted octanol–water partition coefficient (Wildman–Crippen LogP) is 8.66. The van der Waals surface area contributed by atoms with E-state index in [0.717, 1.165) is 41.2 Å². The zero-order chi connectivity index (χ0) is 62.7. The van der Waals surface area contributed by atoms with Crippen molar-refractivity contribution in [3.63, 3.8) is 0 Å². The van der Waals surface area contributed by atoms with Crippen LogP contribution >= 0.6 is 0 Å². The molecule has 4 aliphatic heterocycles. The van der Waals surface area contributed by atoms with E-state index in [4.69, 9.17) is 38.4 Å². The van der Waals surface area contributed by atoms with Gasteiger partial charge in [0, 0.05) is 70.8 Å². The second-order valence-corrected chi connectivity index (χ2v) is 25.9. The Bertz CT molecular complexity index is 3920. The number of aliphatic carboxylic acids is 1. The van der Waals surface area contributed by atoms with Crippen molar-refractivity contribution in [3.05, 3.63) is 133 Å². The summed E-state index contributed by atoms with van der Waals surface area (Å²) in [6, 6.07) is 32.2. The number of nitrogens with one attached hydrogen (secondary N) is 3. The third-order valence-corrected chi connectivity index (χ3v) is 19.5. The van der Waals surface area contributed by atoms with Crippen molar-refractivity contribution >= 4 is 67.7 Å². The van der Waals surface area contributed by atoms with E-state index in [2.05, 4.69) is 15.4 Å². The second kappa shape index (κ2) is 25.7. The SMILES string of the molecule is COc1ccc2c(O[C@@H]3C[C@H]4C(=O)N[C@]5(C(=O)NS(=O)(=O)C6CC6)C[C@H]5/C=C\CCCCOC(=O)N4C3)cc(-c3ccccc3)nc2c1.COc1ccc2c(O[C@@H]3C[C@H]4C(=O)N[C@]5(C(=O)O)C[C@H]5/C=C\CCCCOC(=O)N4C3)cc(-c3ccccc3)nc2c1. The standard InChI is InChI=1S/C35H38N4O8S.C32H33N3O7/c1-45-24-12-15-27-29(17-24)36-28(22-9-5-4-6-10-22)19-31(27)47-25-18-30-32(40)37-35(33(41)38-48(43,44)26-13-14-26)20-23(35)11-7-2-3-8-16-46-34(42)39(30)21-25;1-40-22-12-13-24-26(15-22)33-25(20-9-5-4-6-10-20)17-28(24)42-23-16-27-29(36)34-32(30(37)38)18-21(32)11-7-2-3-8-14-41-31(39)35(27)19-23/h4-7,9-12,15,17,19,23,25-26,30H,2-3,8,13-14,16,18,20-21H2,1H3,(H,37,40)(H,38,41);4-7,9-13,15,17,21,23,27H,2-3,8,14,16,18-19H2,1H3,(H,34,36)(H,37,38)/b2*11-7-/t23-,25-,30+,35-;21-,23-,27+,32-/m11/s1. The molecular formula is C67H71N7O15S. The summed E-state index contributed by atoms with van der Waals surface area (Å²) in [6.07, 6.45) is 11.4. The van der Waals surface area contributed by atoms with E-state index in [-0.39, 0.29) is 57.4 Å². The first-order valence-electron chi connectivity index (χ1n) is 30.6. The number of methoxy groups -OCH3 is 2. The highest BCUT2D eigenvalue weighted by Gasteiger charge is 2.63. The number of benzene rings is 4. The van der Waals surface area contributed by atoms with Crippen molar-refractivity contribution in [2.75, 3.05) is 40.5 Å². The van der Waals surface area contributed by atoms with E-state index < -0.39 is 86.5 Å². The van der Waals surface area contributed by atoms with Gasteiger partial charge >= 0.3 is 18.2 Å². The molecule has 3 aliphatic carbocycles. The molecule has 5 fully saturated rings. The number of pyridine rings is 2. The molecule has 90 heavy (non-hydrogen) atoms. The quantitative estimate of drug-likeness (QED) is 0.0834. The minimum atomic E-state index is -3.83. The first-order valence-corrected chi connectivity index (χ1v) is 32.1. The van der Waals surface area contributed by atoms with Gasteiger partial charge in [0.25, 0.3) is 5.91 Å².